The number of halogens is 3. The third-order valence-corrected chi connectivity index (χ3v) is 6.72. The van der Waals surface area contributed by atoms with Crippen molar-refractivity contribution in [3.63, 3.8) is 0 Å². The molecule has 4 aromatic rings. The minimum atomic E-state index is 0.304. The molecule has 164 valence electrons. The zero-order valence-corrected chi connectivity index (χ0v) is 21.4. The van der Waals surface area contributed by atoms with Gasteiger partial charge >= 0.3 is 0 Å². The van der Waals surface area contributed by atoms with E-state index in [0.717, 1.165) is 30.0 Å². The van der Waals surface area contributed by atoms with Crippen molar-refractivity contribution in [2.45, 2.75) is 13.5 Å². The van der Waals surface area contributed by atoms with Gasteiger partial charge in [-0.15, -0.1) is 0 Å². The van der Waals surface area contributed by atoms with Gasteiger partial charge in [-0.3, -0.25) is 5.43 Å². The predicted octanol–water partition coefficient (Wildman–Crippen LogP) is 7.63. The first-order valence-electron chi connectivity index (χ1n) is 9.71. The Morgan fingerprint density at radius 2 is 1.97 bits per heavy atom. The number of hydrogen-bond acceptors (Lipinski definition) is 6. The topological polar surface area (TPSA) is 55.7 Å². The van der Waals surface area contributed by atoms with E-state index in [1.54, 1.807) is 29.7 Å². The monoisotopic (exact) mass is 597 g/mol. The van der Waals surface area contributed by atoms with Crippen molar-refractivity contribution in [3.8, 4) is 11.5 Å². The maximum Gasteiger partial charge on any atom is 0.204 e. The van der Waals surface area contributed by atoms with Crippen molar-refractivity contribution in [2.24, 2.45) is 5.10 Å². The van der Waals surface area contributed by atoms with E-state index in [-0.39, 0.29) is 0 Å². The summed E-state index contributed by atoms with van der Waals surface area (Å²) in [6, 6.07) is 17.2. The Hall–Kier alpha value is -2.07. The molecule has 1 N–H and O–H groups in total. The number of hydrazone groups is 1. The van der Waals surface area contributed by atoms with E-state index in [4.69, 9.17) is 32.7 Å². The van der Waals surface area contributed by atoms with Crippen molar-refractivity contribution in [2.75, 3.05) is 12.0 Å². The third kappa shape index (κ3) is 5.64. The molecule has 3 aromatic carbocycles. The van der Waals surface area contributed by atoms with Crippen LogP contribution in [0.5, 0.6) is 11.5 Å². The van der Waals surface area contributed by atoms with Gasteiger partial charge in [-0.25, -0.2) is 4.98 Å². The van der Waals surface area contributed by atoms with Crippen molar-refractivity contribution >= 4 is 78.7 Å². The highest BCUT2D eigenvalue weighted by molar-refractivity contribution is 14.1. The summed E-state index contributed by atoms with van der Waals surface area (Å²) in [7, 11) is 0. The second-order valence-electron chi connectivity index (χ2n) is 6.64. The Morgan fingerprint density at radius 3 is 2.75 bits per heavy atom. The number of benzene rings is 3. The second kappa shape index (κ2) is 10.7. The van der Waals surface area contributed by atoms with E-state index in [9.17, 15) is 0 Å². The zero-order chi connectivity index (χ0) is 22.5. The number of rotatable bonds is 8. The van der Waals surface area contributed by atoms with Crippen molar-refractivity contribution in [1.82, 2.24) is 4.98 Å². The van der Waals surface area contributed by atoms with Crippen LogP contribution in [0.1, 0.15) is 18.1 Å². The fourth-order valence-electron chi connectivity index (χ4n) is 2.94. The summed E-state index contributed by atoms with van der Waals surface area (Å²) in [5, 5.41) is 6.23. The average molecular weight is 598 g/mol. The van der Waals surface area contributed by atoms with E-state index < -0.39 is 0 Å². The van der Waals surface area contributed by atoms with Gasteiger partial charge in [-0.1, -0.05) is 52.7 Å². The number of ether oxygens (including phenoxy) is 2. The Labute approximate surface area is 213 Å². The van der Waals surface area contributed by atoms with E-state index in [0.29, 0.717) is 34.8 Å². The van der Waals surface area contributed by atoms with Crippen LogP contribution in [0.25, 0.3) is 10.2 Å². The second-order valence-corrected chi connectivity index (χ2v) is 9.68. The van der Waals surface area contributed by atoms with E-state index in [1.807, 2.05) is 49.4 Å². The Kier molecular flexibility index (Phi) is 7.72. The van der Waals surface area contributed by atoms with Crippen molar-refractivity contribution in [3.05, 3.63) is 79.3 Å². The lowest BCUT2D eigenvalue weighted by Crippen LogP contribution is -2.03. The van der Waals surface area contributed by atoms with Gasteiger partial charge in [0, 0.05) is 15.6 Å². The minimum absolute atomic E-state index is 0.304. The smallest absolute Gasteiger partial charge is 0.204 e. The molecule has 5 nitrogen and oxygen atoms in total. The van der Waals surface area contributed by atoms with Gasteiger partial charge in [0.15, 0.2) is 11.5 Å². The maximum absolute atomic E-state index is 6.27. The lowest BCUT2D eigenvalue weighted by molar-refractivity contribution is 0.267. The van der Waals surface area contributed by atoms with Gasteiger partial charge < -0.3 is 9.47 Å². The standard InChI is InChI=1S/C23H18Cl2IN3O2S/c1-2-30-20-10-14(12-27-29-23-28-19-5-3-4-6-21(19)32-23)9-18(26)22(20)31-13-15-7-8-16(24)11-17(15)25/h3-12H,2,13H2,1H3,(H,28,29)/b27-12-. The van der Waals surface area contributed by atoms with Crippen molar-refractivity contribution < 1.29 is 9.47 Å². The summed E-state index contributed by atoms with van der Waals surface area (Å²) < 4.78 is 13.9. The highest BCUT2D eigenvalue weighted by Crippen LogP contribution is 2.35. The molecule has 0 unspecified atom stereocenters. The number of para-hydroxylation sites is 1. The summed E-state index contributed by atoms with van der Waals surface area (Å²) in [5.74, 6) is 1.31. The molecule has 0 atom stereocenters. The molecule has 0 aliphatic rings. The average Bonchev–Trinajstić information content (AvgIpc) is 3.17. The van der Waals surface area contributed by atoms with Crippen LogP contribution in [0.4, 0.5) is 5.13 Å². The molecule has 1 aromatic heterocycles. The van der Waals surface area contributed by atoms with Gasteiger partial charge in [-0.2, -0.15) is 5.10 Å². The largest absolute Gasteiger partial charge is 0.490 e. The molecule has 0 bridgehead atoms. The number of thiazole rings is 1. The van der Waals surface area contributed by atoms with Crippen LogP contribution in [0, 0.1) is 3.57 Å². The summed E-state index contributed by atoms with van der Waals surface area (Å²) >= 11 is 16.0. The molecule has 0 saturated heterocycles. The van der Waals surface area contributed by atoms with E-state index in [1.165, 1.54) is 0 Å². The van der Waals surface area contributed by atoms with E-state index in [2.05, 4.69) is 38.1 Å². The molecular formula is C23H18Cl2IN3O2S. The van der Waals surface area contributed by atoms with Gasteiger partial charge in [0.25, 0.3) is 0 Å². The summed E-state index contributed by atoms with van der Waals surface area (Å²) in [4.78, 5) is 4.52. The highest BCUT2D eigenvalue weighted by atomic mass is 127. The van der Waals surface area contributed by atoms with Crippen LogP contribution in [0.15, 0.2) is 59.7 Å². The first-order chi connectivity index (χ1) is 15.5. The normalized spacial score (nSPS) is 11.2. The molecular weight excluding hydrogens is 580 g/mol. The fourth-order valence-corrected chi connectivity index (χ4v) is 5.00. The highest BCUT2D eigenvalue weighted by Gasteiger charge is 2.13. The first kappa shape index (κ1) is 23.1. The third-order valence-electron chi connectivity index (χ3n) is 4.39. The maximum atomic E-state index is 6.27. The molecule has 32 heavy (non-hydrogen) atoms. The lowest BCUT2D eigenvalue weighted by Gasteiger charge is -2.15. The summed E-state index contributed by atoms with van der Waals surface area (Å²) in [6.45, 7) is 2.75. The van der Waals surface area contributed by atoms with Gasteiger partial charge in [0.2, 0.25) is 5.13 Å². The number of nitrogens with zero attached hydrogens (tertiary/aromatic N) is 2. The summed E-state index contributed by atoms with van der Waals surface area (Å²) in [5.41, 5.74) is 5.68. The summed E-state index contributed by atoms with van der Waals surface area (Å²) in [6.07, 6.45) is 1.73. The van der Waals surface area contributed by atoms with Crippen LogP contribution < -0.4 is 14.9 Å². The zero-order valence-electron chi connectivity index (χ0n) is 16.9. The van der Waals surface area contributed by atoms with Crippen LogP contribution in [0.3, 0.4) is 0 Å². The molecule has 9 heteroatoms. The SMILES string of the molecule is CCOc1cc(/C=N\Nc2nc3ccccc3s2)cc(I)c1OCc1ccc(Cl)cc1Cl. The number of nitrogens with one attached hydrogen (secondary N) is 1. The molecule has 0 fully saturated rings. The number of fused-ring (bicyclic) bond motifs is 1. The fraction of sp³-hybridized carbons (Fsp3) is 0.130. The lowest BCUT2D eigenvalue weighted by atomic mass is 10.2. The van der Waals surface area contributed by atoms with Gasteiger partial charge in [0.1, 0.15) is 6.61 Å². The molecule has 0 aliphatic carbocycles. The molecule has 1 heterocycles. The molecule has 4 rings (SSSR count). The van der Waals surface area contributed by atoms with Gasteiger partial charge in [0.05, 0.1) is 26.6 Å². The molecule has 0 saturated carbocycles. The molecule has 0 aliphatic heterocycles. The van der Waals surface area contributed by atoms with Crippen LogP contribution in [-0.2, 0) is 6.61 Å². The first-order valence-corrected chi connectivity index (χ1v) is 12.4. The Bertz CT molecular complexity index is 1250. The Balaban J connectivity index is 1.50. The number of hydrogen-bond donors (Lipinski definition) is 1. The van der Waals surface area contributed by atoms with Gasteiger partial charge in [-0.05, 0) is 71.5 Å². The Morgan fingerprint density at radius 1 is 1.12 bits per heavy atom. The van der Waals surface area contributed by atoms with Crippen LogP contribution in [-0.4, -0.2) is 17.8 Å². The van der Waals surface area contributed by atoms with Crippen molar-refractivity contribution in [1.29, 1.82) is 0 Å². The quantitative estimate of drug-likeness (QED) is 0.129. The number of aromatic nitrogens is 1. The predicted molar refractivity (Wildman–Crippen MR) is 142 cm³/mol. The molecule has 0 radical (unpaired) electrons. The molecule has 0 amide bonds. The van der Waals surface area contributed by atoms with Crippen LogP contribution in [0.2, 0.25) is 10.0 Å². The molecule has 0 spiro atoms. The number of anilines is 1. The minimum Gasteiger partial charge on any atom is -0.490 e. The van der Waals surface area contributed by atoms with Crippen LogP contribution >= 0.6 is 57.1 Å². The van der Waals surface area contributed by atoms with E-state index >= 15 is 0 Å².